The highest BCUT2D eigenvalue weighted by molar-refractivity contribution is 7.98. The monoisotopic (exact) mass is 504 g/mol. The van der Waals surface area contributed by atoms with Crippen LogP contribution in [0.1, 0.15) is 36.4 Å². The predicted molar refractivity (Wildman–Crippen MR) is 129 cm³/mol. The lowest BCUT2D eigenvalue weighted by Crippen LogP contribution is -2.44. The van der Waals surface area contributed by atoms with E-state index in [1.165, 1.54) is 23.1 Å². The Hall–Kier alpha value is -2.37. The standard InChI is InChI=1S/C23H23F3N6S2/c1-33-15-7-18(34-11-15)21-16(23(24,25)26)9-28-22(31-21)29-17-4-5-19(30-20(17)12-2-3-12)32-10-13-6-14(32)8-27-13/h4-5,7,9,11-14,27H,2-3,6,8,10H2,1H3,(H,28,29,31). The van der Waals surface area contributed by atoms with Gasteiger partial charge in [-0.2, -0.15) is 13.2 Å². The van der Waals surface area contributed by atoms with Gasteiger partial charge in [-0.25, -0.2) is 15.0 Å². The second-order valence-electron chi connectivity index (χ2n) is 8.95. The fourth-order valence-corrected chi connectivity index (χ4v) is 6.36. The smallest absolute Gasteiger partial charge is 0.351 e. The van der Waals surface area contributed by atoms with Crippen molar-refractivity contribution in [1.29, 1.82) is 0 Å². The van der Waals surface area contributed by atoms with E-state index in [4.69, 9.17) is 4.98 Å². The number of anilines is 3. The predicted octanol–water partition coefficient (Wildman–Crippen LogP) is 5.51. The lowest BCUT2D eigenvalue weighted by molar-refractivity contribution is -0.137. The summed E-state index contributed by atoms with van der Waals surface area (Å²) in [4.78, 5) is 17.1. The molecule has 2 aliphatic heterocycles. The Morgan fingerprint density at radius 1 is 1.24 bits per heavy atom. The van der Waals surface area contributed by atoms with Crippen molar-refractivity contribution in [2.75, 3.05) is 29.6 Å². The molecule has 3 aromatic heterocycles. The zero-order valence-corrected chi connectivity index (χ0v) is 20.0. The fourth-order valence-electron chi connectivity index (χ4n) is 4.75. The van der Waals surface area contributed by atoms with Gasteiger partial charge < -0.3 is 15.5 Å². The van der Waals surface area contributed by atoms with Gasteiger partial charge in [-0.15, -0.1) is 23.1 Å². The number of hydrogen-bond donors (Lipinski definition) is 2. The zero-order chi connectivity index (χ0) is 23.4. The summed E-state index contributed by atoms with van der Waals surface area (Å²) < 4.78 is 41.1. The van der Waals surface area contributed by atoms with Crippen molar-refractivity contribution in [2.45, 2.75) is 48.3 Å². The molecule has 11 heteroatoms. The van der Waals surface area contributed by atoms with Crippen LogP contribution in [0.3, 0.4) is 0 Å². The molecule has 0 aromatic carbocycles. The second kappa shape index (κ2) is 8.39. The summed E-state index contributed by atoms with van der Waals surface area (Å²) in [7, 11) is 0. The van der Waals surface area contributed by atoms with E-state index >= 15 is 0 Å². The SMILES string of the molecule is CSc1csc(-c2nc(Nc3ccc(N4CC5CC4CN5)nc3C3CC3)ncc2C(F)(F)F)c1. The van der Waals surface area contributed by atoms with Crippen molar-refractivity contribution >= 4 is 40.6 Å². The van der Waals surface area contributed by atoms with Gasteiger partial charge in [0, 0.05) is 47.6 Å². The molecule has 3 aliphatic rings. The van der Waals surface area contributed by atoms with Crippen LogP contribution in [0.4, 0.5) is 30.6 Å². The molecule has 0 amide bonds. The number of nitrogens with one attached hydrogen (secondary N) is 2. The van der Waals surface area contributed by atoms with Gasteiger partial charge in [0.05, 0.1) is 22.0 Å². The minimum atomic E-state index is -4.54. The highest BCUT2D eigenvalue weighted by atomic mass is 32.2. The molecule has 2 bridgehead atoms. The lowest BCUT2D eigenvalue weighted by Gasteiger charge is -2.29. The number of alkyl halides is 3. The number of pyridine rings is 1. The molecule has 2 atom stereocenters. The second-order valence-corrected chi connectivity index (χ2v) is 10.7. The number of nitrogens with zero attached hydrogens (tertiary/aromatic N) is 4. The molecule has 2 saturated heterocycles. The number of hydrogen-bond acceptors (Lipinski definition) is 8. The van der Waals surface area contributed by atoms with E-state index in [1.54, 1.807) is 6.07 Å². The molecule has 6 rings (SSSR count). The first kappa shape index (κ1) is 22.1. The van der Waals surface area contributed by atoms with Crippen LogP contribution in [0, 0.1) is 0 Å². The molecule has 6 nitrogen and oxygen atoms in total. The van der Waals surface area contributed by atoms with Gasteiger partial charge in [-0.05, 0) is 43.7 Å². The Balaban J connectivity index is 1.33. The van der Waals surface area contributed by atoms with E-state index in [0.717, 1.165) is 60.6 Å². The van der Waals surface area contributed by atoms with Crippen LogP contribution in [0.25, 0.3) is 10.6 Å². The number of piperazine rings is 1. The van der Waals surface area contributed by atoms with Crippen LogP contribution in [0.15, 0.2) is 34.7 Å². The molecule has 2 N–H and O–H groups in total. The highest BCUT2D eigenvalue weighted by Gasteiger charge is 2.39. The summed E-state index contributed by atoms with van der Waals surface area (Å²) in [5.41, 5.74) is 0.768. The van der Waals surface area contributed by atoms with Crippen molar-refractivity contribution in [1.82, 2.24) is 20.3 Å². The number of halogens is 3. The van der Waals surface area contributed by atoms with Gasteiger partial charge >= 0.3 is 6.18 Å². The average molecular weight is 505 g/mol. The van der Waals surface area contributed by atoms with Crippen LogP contribution >= 0.6 is 23.1 Å². The quantitative estimate of drug-likeness (QED) is 0.429. The number of rotatable bonds is 6. The Morgan fingerprint density at radius 3 is 2.74 bits per heavy atom. The van der Waals surface area contributed by atoms with Gasteiger partial charge in [-0.3, -0.25) is 0 Å². The van der Waals surface area contributed by atoms with Crippen molar-refractivity contribution < 1.29 is 13.2 Å². The molecule has 5 heterocycles. The summed E-state index contributed by atoms with van der Waals surface area (Å²) in [6, 6.07) is 6.69. The van der Waals surface area contributed by atoms with Crippen molar-refractivity contribution in [3.63, 3.8) is 0 Å². The largest absolute Gasteiger partial charge is 0.420 e. The van der Waals surface area contributed by atoms with Crippen LogP contribution in [-0.2, 0) is 6.18 Å². The first-order chi connectivity index (χ1) is 16.4. The normalized spacial score (nSPS) is 21.9. The molecule has 3 fully saturated rings. The van der Waals surface area contributed by atoms with Crippen LogP contribution in [0.2, 0.25) is 0 Å². The van der Waals surface area contributed by atoms with E-state index in [1.807, 2.05) is 23.8 Å². The minimum absolute atomic E-state index is 0.103. The maximum Gasteiger partial charge on any atom is 0.420 e. The van der Waals surface area contributed by atoms with Crippen LogP contribution < -0.4 is 15.5 Å². The van der Waals surface area contributed by atoms with E-state index in [9.17, 15) is 13.2 Å². The maximum atomic E-state index is 13.7. The van der Waals surface area contributed by atoms with Crippen molar-refractivity contribution in [3.05, 3.63) is 41.0 Å². The number of thioether (sulfide) groups is 1. The van der Waals surface area contributed by atoms with E-state index in [-0.39, 0.29) is 11.6 Å². The van der Waals surface area contributed by atoms with Gasteiger partial charge in [0.25, 0.3) is 0 Å². The molecule has 1 aliphatic carbocycles. The third kappa shape index (κ3) is 4.14. The summed E-state index contributed by atoms with van der Waals surface area (Å²) in [6.07, 6.45) is 1.49. The molecule has 34 heavy (non-hydrogen) atoms. The van der Waals surface area contributed by atoms with Gasteiger partial charge in [-0.1, -0.05) is 0 Å². The third-order valence-electron chi connectivity index (χ3n) is 6.61. The molecular weight excluding hydrogens is 481 g/mol. The molecule has 2 unspecified atom stereocenters. The number of aromatic nitrogens is 3. The number of thiophene rings is 1. The maximum absolute atomic E-state index is 13.7. The van der Waals surface area contributed by atoms with Gasteiger partial charge in [0.15, 0.2) is 0 Å². The van der Waals surface area contributed by atoms with Crippen molar-refractivity contribution in [3.8, 4) is 10.6 Å². The zero-order valence-electron chi connectivity index (χ0n) is 18.4. The molecule has 0 radical (unpaired) electrons. The van der Waals surface area contributed by atoms with E-state index in [2.05, 4.69) is 25.5 Å². The first-order valence-corrected chi connectivity index (χ1v) is 13.3. The van der Waals surface area contributed by atoms with Gasteiger partial charge in [0.2, 0.25) is 5.95 Å². The molecule has 3 aromatic rings. The molecule has 0 spiro atoms. The van der Waals surface area contributed by atoms with E-state index in [0.29, 0.717) is 22.9 Å². The summed E-state index contributed by atoms with van der Waals surface area (Å²) in [6.45, 7) is 1.94. The summed E-state index contributed by atoms with van der Waals surface area (Å²) in [5, 5.41) is 8.52. The Labute approximate surface area is 203 Å². The molecule has 178 valence electrons. The Morgan fingerprint density at radius 2 is 2.09 bits per heavy atom. The first-order valence-electron chi connectivity index (χ1n) is 11.2. The fraction of sp³-hybridized carbons (Fsp3) is 0.435. The summed E-state index contributed by atoms with van der Waals surface area (Å²) >= 11 is 2.74. The molecule has 1 saturated carbocycles. The number of fused-ring (bicyclic) bond motifs is 2. The topological polar surface area (TPSA) is 66.0 Å². The Kier molecular flexibility index (Phi) is 5.45. The van der Waals surface area contributed by atoms with E-state index < -0.39 is 11.7 Å². The Bertz CT molecular complexity index is 1230. The highest BCUT2D eigenvalue weighted by Crippen LogP contribution is 2.45. The van der Waals surface area contributed by atoms with Gasteiger partial charge in [0.1, 0.15) is 11.4 Å². The average Bonchev–Trinajstić information content (AvgIpc) is 3.21. The van der Waals surface area contributed by atoms with Crippen molar-refractivity contribution in [2.24, 2.45) is 0 Å². The third-order valence-corrected chi connectivity index (χ3v) is 8.40. The lowest BCUT2D eigenvalue weighted by atomic mass is 10.2. The van der Waals surface area contributed by atoms with Crippen LogP contribution in [0.5, 0.6) is 0 Å². The minimum Gasteiger partial charge on any atom is -0.351 e. The summed E-state index contributed by atoms with van der Waals surface area (Å²) in [5.74, 6) is 1.47. The van der Waals surface area contributed by atoms with Crippen LogP contribution in [-0.4, -0.2) is 46.4 Å². The molecular formula is C23H23F3N6S2.